The van der Waals surface area contributed by atoms with Gasteiger partial charge in [-0.2, -0.15) is 0 Å². The highest BCUT2D eigenvalue weighted by Gasteiger charge is 2.15. The van der Waals surface area contributed by atoms with Gasteiger partial charge in [0.1, 0.15) is 5.75 Å². The van der Waals surface area contributed by atoms with Gasteiger partial charge in [0.05, 0.1) is 17.7 Å². The Balaban J connectivity index is 2.95. The normalized spacial score (nSPS) is 11.4. The molecular formula is C13H18ClNO4S. The van der Waals surface area contributed by atoms with Gasteiger partial charge >= 0.3 is 0 Å². The lowest BCUT2D eigenvalue weighted by atomic mass is 10.1. The van der Waals surface area contributed by atoms with E-state index in [1.165, 1.54) is 25.3 Å². The summed E-state index contributed by atoms with van der Waals surface area (Å²) in [4.78, 5) is 11.7. The van der Waals surface area contributed by atoms with E-state index in [1.807, 2.05) is 13.8 Å². The van der Waals surface area contributed by atoms with E-state index < -0.39 is 9.05 Å². The summed E-state index contributed by atoms with van der Waals surface area (Å²) < 4.78 is 27.7. The molecule has 1 aromatic rings. The first-order chi connectivity index (χ1) is 9.24. The van der Waals surface area contributed by atoms with Gasteiger partial charge in [-0.1, -0.05) is 13.8 Å². The number of carbonyl (C=O) groups excluding carboxylic acids is 1. The molecule has 1 N–H and O–H groups in total. The molecule has 0 heterocycles. The standard InChI is InChI=1S/C13H18ClNO4S/c1-9(2)4-7-13(16)15-11-8-10(20(14,17)18)5-6-12(11)19-3/h5-6,8-9H,4,7H2,1-3H3,(H,15,16). The number of hydrogen-bond donors (Lipinski definition) is 1. The topological polar surface area (TPSA) is 72.5 Å². The van der Waals surface area contributed by atoms with Crippen LogP contribution in [0.4, 0.5) is 5.69 Å². The molecule has 0 aliphatic heterocycles. The van der Waals surface area contributed by atoms with Crippen LogP contribution in [0.15, 0.2) is 23.1 Å². The molecule has 0 bridgehead atoms. The second-order valence-electron chi connectivity index (χ2n) is 4.78. The van der Waals surface area contributed by atoms with E-state index in [9.17, 15) is 13.2 Å². The number of amides is 1. The summed E-state index contributed by atoms with van der Waals surface area (Å²) in [5.74, 6) is 0.602. The van der Waals surface area contributed by atoms with Crippen LogP contribution < -0.4 is 10.1 Å². The summed E-state index contributed by atoms with van der Waals surface area (Å²) in [6.07, 6.45) is 1.11. The summed E-state index contributed by atoms with van der Waals surface area (Å²) in [6, 6.07) is 4.06. The van der Waals surface area contributed by atoms with E-state index in [2.05, 4.69) is 5.32 Å². The van der Waals surface area contributed by atoms with Crippen LogP contribution in [0.3, 0.4) is 0 Å². The third kappa shape index (κ3) is 5.02. The van der Waals surface area contributed by atoms with Crippen molar-refractivity contribution < 1.29 is 17.9 Å². The maximum absolute atomic E-state index is 11.8. The number of halogens is 1. The average molecular weight is 320 g/mol. The second-order valence-corrected chi connectivity index (χ2v) is 7.35. The molecular weight excluding hydrogens is 302 g/mol. The minimum absolute atomic E-state index is 0.0841. The summed E-state index contributed by atoms with van der Waals surface area (Å²) in [5.41, 5.74) is 0.294. The third-order valence-electron chi connectivity index (χ3n) is 2.68. The molecule has 0 aliphatic rings. The maximum atomic E-state index is 11.8. The average Bonchev–Trinajstić information content (AvgIpc) is 2.35. The highest BCUT2D eigenvalue weighted by Crippen LogP contribution is 2.29. The van der Waals surface area contributed by atoms with Gasteiger partial charge in [0, 0.05) is 17.1 Å². The van der Waals surface area contributed by atoms with Crippen LogP contribution in [0.1, 0.15) is 26.7 Å². The second kappa shape index (κ2) is 6.95. The van der Waals surface area contributed by atoms with Gasteiger partial charge in [0.2, 0.25) is 5.91 Å². The fourth-order valence-corrected chi connectivity index (χ4v) is 2.35. The van der Waals surface area contributed by atoms with Crippen LogP contribution in [-0.4, -0.2) is 21.4 Å². The number of methoxy groups -OCH3 is 1. The zero-order chi connectivity index (χ0) is 15.3. The molecule has 0 fully saturated rings. The molecule has 0 unspecified atom stereocenters. The van der Waals surface area contributed by atoms with E-state index in [1.54, 1.807) is 0 Å². The number of ether oxygens (including phenoxy) is 1. The Bertz CT molecular complexity index is 584. The van der Waals surface area contributed by atoms with Crippen molar-refractivity contribution in [2.24, 2.45) is 5.92 Å². The van der Waals surface area contributed by atoms with Crippen LogP contribution in [-0.2, 0) is 13.8 Å². The summed E-state index contributed by atoms with van der Waals surface area (Å²) in [5, 5.41) is 2.64. The molecule has 1 aromatic carbocycles. The van der Waals surface area contributed by atoms with E-state index in [0.29, 0.717) is 23.8 Å². The molecule has 0 saturated heterocycles. The Labute approximate surface area is 123 Å². The molecule has 0 aliphatic carbocycles. The van der Waals surface area contributed by atoms with Gasteiger partial charge in [-0.3, -0.25) is 4.79 Å². The van der Waals surface area contributed by atoms with Crippen LogP contribution in [0.2, 0.25) is 0 Å². The number of benzene rings is 1. The lowest BCUT2D eigenvalue weighted by molar-refractivity contribution is -0.116. The van der Waals surface area contributed by atoms with Gasteiger partial charge in [-0.25, -0.2) is 8.42 Å². The van der Waals surface area contributed by atoms with Gasteiger partial charge in [0.15, 0.2) is 0 Å². The van der Waals surface area contributed by atoms with Gasteiger partial charge < -0.3 is 10.1 Å². The molecule has 7 heteroatoms. The largest absolute Gasteiger partial charge is 0.495 e. The smallest absolute Gasteiger partial charge is 0.261 e. The Morgan fingerprint density at radius 3 is 2.55 bits per heavy atom. The number of hydrogen-bond acceptors (Lipinski definition) is 4. The fraction of sp³-hybridized carbons (Fsp3) is 0.462. The summed E-state index contributed by atoms with van der Waals surface area (Å²) in [7, 11) is 2.88. The lowest BCUT2D eigenvalue weighted by Gasteiger charge is -2.11. The minimum atomic E-state index is -3.85. The first-order valence-corrected chi connectivity index (χ1v) is 8.47. The number of carbonyl (C=O) groups is 1. The maximum Gasteiger partial charge on any atom is 0.261 e. The Morgan fingerprint density at radius 2 is 2.05 bits per heavy atom. The predicted octanol–water partition coefficient (Wildman–Crippen LogP) is 3.00. The van der Waals surface area contributed by atoms with Crippen molar-refractivity contribution >= 4 is 31.3 Å². The van der Waals surface area contributed by atoms with Crippen LogP contribution in [0.25, 0.3) is 0 Å². The van der Waals surface area contributed by atoms with Crippen molar-refractivity contribution in [2.45, 2.75) is 31.6 Å². The Hall–Kier alpha value is -1.27. The first-order valence-electron chi connectivity index (χ1n) is 6.16. The predicted molar refractivity (Wildman–Crippen MR) is 78.7 cm³/mol. The van der Waals surface area contributed by atoms with Crippen LogP contribution in [0, 0.1) is 5.92 Å². The molecule has 0 spiro atoms. The molecule has 20 heavy (non-hydrogen) atoms. The number of anilines is 1. The molecule has 0 atom stereocenters. The molecule has 0 saturated carbocycles. The van der Waals surface area contributed by atoms with E-state index in [-0.39, 0.29) is 10.8 Å². The van der Waals surface area contributed by atoms with E-state index in [4.69, 9.17) is 15.4 Å². The van der Waals surface area contributed by atoms with Crippen LogP contribution >= 0.6 is 10.7 Å². The molecule has 5 nitrogen and oxygen atoms in total. The molecule has 1 rings (SSSR count). The SMILES string of the molecule is COc1ccc(S(=O)(=O)Cl)cc1NC(=O)CCC(C)C. The zero-order valence-corrected chi connectivity index (χ0v) is 13.2. The van der Waals surface area contributed by atoms with E-state index in [0.717, 1.165) is 6.42 Å². The monoisotopic (exact) mass is 319 g/mol. The Morgan fingerprint density at radius 1 is 1.40 bits per heavy atom. The van der Waals surface area contributed by atoms with Crippen molar-refractivity contribution in [3.8, 4) is 5.75 Å². The quantitative estimate of drug-likeness (QED) is 0.818. The van der Waals surface area contributed by atoms with Gasteiger partial charge in [-0.15, -0.1) is 0 Å². The van der Waals surface area contributed by atoms with Crippen molar-refractivity contribution in [3.05, 3.63) is 18.2 Å². The first kappa shape index (κ1) is 16.8. The van der Waals surface area contributed by atoms with Crippen molar-refractivity contribution in [3.63, 3.8) is 0 Å². The number of nitrogens with one attached hydrogen (secondary N) is 1. The zero-order valence-electron chi connectivity index (χ0n) is 11.6. The highest BCUT2D eigenvalue weighted by molar-refractivity contribution is 8.13. The lowest BCUT2D eigenvalue weighted by Crippen LogP contribution is -2.13. The van der Waals surface area contributed by atoms with Crippen LogP contribution in [0.5, 0.6) is 5.75 Å². The molecule has 112 valence electrons. The fourth-order valence-electron chi connectivity index (χ4n) is 1.57. The molecule has 1 amide bonds. The summed E-state index contributed by atoms with van der Waals surface area (Å²) >= 11 is 0. The van der Waals surface area contributed by atoms with Gasteiger partial charge in [-0.05, 0) is 30.5 Å². The highest BCUT2D eigenvalue weighted by atomic mass is 35.7. The van der Waals surface area contributed by atoms with Crippen molar-refractivity contribution in [2.75, 3.05) is 12.4 Å². The van der Waals surface area contributed by atoms with E-state index >= 15 is 0 Å². The number of rotatable bonds is 6. The Kier molecular flexibility index (Phi) is 5.83. The van der Waals surface area contributed by atoms with Crippen molar-refractivity contribution in [1.29, 1.82) is 0 Å². The van der Waals surface area contributed by atoms with Crippen molar-refractivity contribution in [1.82, 2.24) is 0 Å². The molecule has 0 aromatic heterocycles. The summed E-state index contributed by atoms with van der Waals surface area (Å²) in [6.45, 7) is 4.04. The molecule has 0 radical (unpaired) electrons. The van der Waals surface area contributed by atoms with Gasteiger partial charge in [0.25, 0.3) is 9.05 Å². The minimum Gasteiger partial charge on any atom is -0.495 e. The third-order valence-corrected chi connectivity index (χ3v) is 4.03.